The minimum Gasteiger partial charge on any atom is -0.356 e. The van der Waals surface area contributed by atoms with Crippen LogP contribution in [0.3, 0.4) is 0 Å². The summed E-state index contributed by atoms with van der Waals surface area (Å²) in [5.41, 5.74) is 2.15. The van der Waals surface area contributed by atoms with E-state index in [1.54, 1.807) is 18.2 Å². The summed E-state index contributed by atoms with van der Waals surface area (Å²) in [6.07, 6.45) is 2.97. The van der Waals surface area contributed by atoms with Crippen molar-refractivity contribution in [2.45, 2.75) is 13.8 Å². The van der Waals surface area contributed by atoms with Crippen LogP contribution in [0.15, 0.2) is 65.9 Å². The van der Waals surface area contributed by atoms with E-state index in [2.05, 4.69) is 28.6 Å². The largest absolute Gasteiger partial charge is 0.356 e. The van der Waals surface area contributed by atoms with Crippen molar-refractivity contribution in [3.63, 3.8) is 0 Å². The van der Waals surface area contributed by atoms with Crippen LogP contribution in [0.2, 0.25) is 0 Å². The molecule has 1 heterocycles. The monoisotopic (exact) mass is 315 g/mol. The molecule has 0 fully saturated rings. The molecule has 1 N–H and O–H groups in total. The number of rotatable bonds is 5. The van der Waals surface area contributed by atoms with Crippen molar-refractivity contribution in [2.24, 2.45) is 4.99 Å². The number of aliphatic imine (C=N–C) groups is 1. The lowest BCUT2D eigenvalue weighted by molar-refractivity contribution is 0.583. The van der Waals surface area contributed by atoms with Crippen molar-refractivity contribution < 1.29 is 8.78 Å². The molecule has 0 unspecified atom stereocenters. The third-order valence-corrected chi connectivity index (χ3v) is 2.63. The third kappa shape index (κ3) is 5.82. The van der Waals surface area contributed by atoms with Crippen LogP contribution in [0.1, 0.15) is 19.4 Å². The fourth-order valence-corrected chi connectivity index (χ4v) is 1.70. The van der Waals surface area contributed by atoms with Gasteiger partial charge in [0.05, 0.1) is 5.70 Å². The van der Waals surface area contributed by atoms with Gasteiger partial charge < -0.3 is 5.32 Å². The number of allylic oxidation sites excluding steroid dienone is 1. The maximum Gasteiger partial charge on any atom is 0.212 e. The predicted octanol–water partition coefficient (Wildman–Crippen LogP) is 5.05. The molecule has 0 saturated heterocycles. The van der Waals surface area contributed by atoms with E-state index in [9.17, 15) is 8.78 Å². The maximum atomic E-state index is 13.1. The van der Waals surface area contributed by atoms with Gasteiger partial charge in [-0.3, -0.25) is 4.99 Å². The molecule has 2 rings (SSSR count). The van der Waals surface area contributed by atoms with Gasteiger partial charge in [0.1, 0.15) is 5.82 Å². The van der Waals surface area contributed by atoms with E-state index in [0.29, 0.717) is 22.6 Å². The van der Waals surface area contributed by atoms with Crippen LogP contribution in [0.4, 0.5) is 14.5 Å². The van der Waals surface area contributed by atoms with E-state index in [1.165, 1.54) is 30.5 Å². The Hall–Kier alpha value is -2.82. The molecule has 0 aliphatic heterocycles. The van der Waals surface area contributed by atoms with E-state index in [-0.39, 0.29) is 5.82 Å². The second-order valence-electron chi connectivity index (χ2n) is 4.22. The Morgan fingerprint density at radius 3 is 2.52 bits per heavy atom. The van der Waals surface area contributed by atoms with E-state index in [4.69, 9.17) is 0 Å². The summed E-state index contributed by atoms with van der Waals surface area (Å²) in [5.74, 6) is -0.916. The van der Waals surface area contributed by atoms with E-state index >= 15 is 0 Å². The number of hydrogen-bond acceptors (Lipinski definition) is 3. The second-order valence-corrected chi connectivity index (χ2v) is 4.22. The zero-order valence-corrected chi connectivity index (χ0v) is 13.2. The molecule has 120 valence electrons. The molecule has 23 heavy (non-hydrogen) atoms. The summed E-state index contributed by atoms with van der Waals surface area (Å²) in [5, 5.41) is 2.94. The van der Waals surface area contributed by atoms with Gasteiger partial charge in [-0.15, -0.1) is 0 Å². The highest BCUT2D eigenvalue weighted by atomic mass is 19.1. The van der Waals surface area contributed by atoms with Gasteiger partial charge in [-0.1, -0.05) is 26.5 Å². The summed E-state index contributed by atoms with van der Waals surface area (Å²) in [6.45, 7) is 11.3. The lowest BCUT2D eigenvalue weighted by Gasteiger charge is -2.07. The minimum atomic E-state index is -0.570. The molecular formula is C18H19F2N3. The van der Waals surface area contributed by atoms with Crippen LogP contribution in [0.25, 0.3) is 5.70 Å². The highest BCUT2D eigenvalue weighted by molar-refractivity contribution is 5.70. The number of nitrogens with one attached hydrogen (secondary N) is 1. The summed E-state index contributed by atoms with van der Waals surface area (Å²) < 4.78 is 25.9. The van der Waals surface area contributed by atoms with E-state index < -0.39 is 5.95 Å². The molecular weight excluding hydrogens is 296 g/mol. The summed E-state index contributed by atoms with van der Waals surface area (Å²) in [6, 6.07) is 8.77. The van der Waals surface area contributed by atoms with Crippen molar-refractivity contribution in [2.75, 3.05) is 5.32 Å². The van der Waals surface area contributed by atoms with Gasteiger partial charge in [-0.25, -0.2) is 9.37 Å². The molecule has 0 bridgehead atoms. The molecule has 3 nitrogen and oxygen atoms in total. The van der Waals surface area contributed by atoms with Gasteiger partial charge >= 0.3 is 0 Å². The van der Waals surface area contributed by atoms with Gasteiger partial charge in [0.15, 0.2) is 0 Å². The van der Waals surface area contributed by atoms with Crippen molar-refractivity contribution in [3.8, 4) is 0 Å². The van der Waals surface area contributed by atoms with Crippen LogP contribution < -0.4 is 5.32 Å². The number of hydrogen-bond donors (Lipinski definition) is 1. The molecule has 0 amide bonds. The van der Waals surface area contributed by atoms with Gasteiger partial charge in [0, 0.05) is 23.1 Å². The first-order valence-corrected chi connectivity index (χ1v) is 7.10. The first-order valence-electron chi connectivity index (χ1n) is 7.10. The molecule has 2 aromatic rings. The second kappa shape index (κ2) is 9.25. The highest BCUT2D eigenvalue weighted by Crippen LogP contribution is 2.18. The first kappa shape index (κ1) is 18.2. The van der Waals surface area contributed by atoms with Crippen molar-refractivity contribution in [3.05, 3.63) is 78.3 Å². The Morgan fingerprint density at radius 2 is 1.96 bits per heavy atom. The number of halogens is 2. The Labute approximate surface area is 135 Å². The van der Waals surface area contributed by atoms with E-state index in [1.807, 2.05) is 13.8 Å². The minimum absolute atomic E-state index is 0.346. The maximum absolute atomic E-state index is 13.1. The van der Waals surface area contributed by atoms with Crippen LogP contribution in [0.5, 0.6) is 0 Å². The molecule has 0 aliphatic rings. The van der Waals surface area contributed by atoms with Crippen LogP contribution >= 0.6 is 0 Å². The number of aromatic nitrogens is 1. The van der Waals surface area contributed by atoms with E-state index in [0.717, 1.165) is 0 Å². The number of benzene rings is 1. The van der Waals surface area contributed by atoms with Crippen molar-refractivity contribution >= 4 is 18.1 Å². The average Bonchev–Trinajstić information content (AvgIpc) is 2.55. The SMILES string of the molecule is C=N/C(=C\C(=C)Nc1cccc(F)c1)c1ccc(F)nc1.CC. The topological polar surface area (TPSA) is 37.3 Å². The lowest BCUT2D eigenvalue weighted by atomic mass is 10.2. The number of pyridine rings is 1. The molecule has 5 heteroatoms. The third-order valence-electron chi connectivity index (χ3n) is 2.63. The van der Waals surface area contributed by atoms with Crippen LogP contribution in [-0.4, -0.2) is 11.7 Å². The zero-order chi connectivity index (χ0) is 17.2. The van der Waals surface area contributed by atoms with Crippen molar-refractivity contribution in [1.82, 2.24) is 4.98 Å². The summed E-state index contributed by atoms with van der Waals surface area (Å²) in [7, 11) is 0. The molecule has 0 atom stereocenters. The Balaban J connectivity index is 0.00000127. The fourth-order valence-electron chi connectivity index (χ4n) is 1.70. The number of anilines is 1. The Bertz CT molecular complexity index is 692. The fraction of sp³-hybridized carbons (Fsp3) is 0.111. The smallest absolute Gasteiger partial charge is 0.212 e. The molecule has 0 aliphatic carbocycles. The first-order chi connectivity index (χ1) is 11.1. The standard InChI is InChI=1S/C16H13F2N3.C2H6/c1-11(21-14-5-3-4-13(17)9-14)8-15(19-2)12-6-7-16(18)20-10-12;1-2/h3-10,21H,1-2H2;1-2H3/b15-8-;. The molecule has 1 aromatic carbocycles. The van der Waals surface area contributed by atoms with Gasteiger partial charge in [-0.2, -0.15) is 4.39 Å². The number of nitrogens with zero attached hydrogens (tertiary/aromatic N) is 2. The summed E-state index contributed by atoms with van der Waals surface area (Å²) in [4.78, 5) is 7.42. The highest BCUT2D eigenvalue weighted by Gasteiger charge is 2.02. The van der Waals surface area contributed by atoms with Gasteiger partial charge in [0.25, 0.3) is 0 Å². The molecule has 0 spiro atoms. The summed E-state index contributed by atoms with van der Waals surface area (Å²) >= 11 is 0. The molecule has 1 aromatic heterocycles. The Kier molecular flexibility index (Phi) is 7.33. The molecule has 0 radical (unpaired) electrons. The lowest BCUT2D eigenvalue weighted by Crippen LogP contribution is -1.97. The van der Waals surface area contributed by atoms with Crippen LogP contribution in [0, 0.1) is 11.8 Å². The average molecular weight is 315 g/mol. The Morgan fingerprint density at radius 1 is 1.22 bits per heavy atom. The van der Waals surface area contributed by atoms with Crippen LogP contribution in [-0.2, 0) is 0 Å². The van der Waals surface area contributed by atoms with Crippen molar-refractivity contribution in [1.29, 1.82) is 0 Å². The molecule has 0 saturated carbocycles. The zero-order valence-electron chi connectivity index (χ0n) is 13.2. The van der Waals surface area contributed by atoms with Gasteiger partial charge in [-0.05, 0) is 43.1 Å². The predicted molar refractivity (Wildman–Crippen MR) is 92.2 cm³/mol. The van der Waals surface area contributed by atoms with Gasteiger partial charge in [0.2, 0.25) is 5.95 Å². The normalized spacial score (nSPS) is 10.3. The quantitative estimate of drug-likeness (QED) is 0.476.